The summed E-state index contributed by atoms with van der Waals surface area (Å²) in [6, 6.07) is 8.77. The van der Waals surface area contributed by atoms with Crippen molar-refractivity contribution in [3.63, 3.8) is 0 Å². The highest BCUT2D eigenvalue weighted by Crippen LogP contribution is 2.21. The van der Waals surface area contributed by atoms with Gasteiger partial charge in [0.1, 0.15) is 0 Å². The third-order valence-electron chi connectivity index (χ3n) is 4.52. The third kappa shape index (κ3) is 3.66. The molecule has 3 rings (SSSR count). The van der Waals surface area contributed by atoms with Gasteiger partial charge < -0.3 is 5.32 Å². The number of fused-ring (bicyclic) bond motifs is 1. The Balaban J connectivity index is 1.41. The number of halogens is 1. The molecule has 1 unspecified atom stereocenters. The molecule has 0 saturated carbocycles. The number of piperidine rings is 1. The highest BCUT2D eigenvalue weighted by Gasteiger charge is 2.28. The topological polar surface area (TPSA) is 18.5 Å². The van der Waals surface area contributed by atoms with Crippen LogP contribution in [0.5, 0.6) is 0 Å². The summed E-state index contributed by atoms with van der Waals surface area (Å²) in [5, 5.41) is 4.27. The van der Waals surface area contributed by atoms with Crippen molar-refractivity contribution in [1.82, 2.24) is 9.80 Å². The van der Waals surface area contributed by atoms with E-state index in [0.717, 1.165) is 29.8 Å². The van der Waals surface area contributed by atoms with Crippen molar-refractivity contribution < 1.29 is 0 Å². The van der Waals surface area contributed by atoms with E-state index in [9.17, 15) is 0 Å². The van der Waals surface area contributed by atoms with E-state index in [4.69, 9.17) is 11.6 Å². The van der Waals surface area contributed by atoms with Gasteiger partial charge in [-0.25, -0.2) is 0 Å². The van der Waals surface area contributed by atoms with Crippen molar-refractivity contribution in [2.45, 2.75) is 25.3 Å². The van der Waals surface area contributed by atoms with Crippen LogP contribution in [-0.4, -0.2) is 55.1 Å². The molecule has 4 heteroatoms. The molecule has 1 N–H and O–H groups in total. The molecule has 0 spiro atoms. The summed E-state index contributed by atoms with van der Waals surface area (Å²) < 4.78 is 0. The number of hydrogen-bond acceptors (Lipinski definition) is 3. The van der Waals surface area contributed by atoms with E-state index in [1.54, 1.807) is 0 Å². The SMILES string of the molecule is Clc1ccc(NCCN2CCN3CCCCC3C2)cc1. The number of nitrogens with zero attached hydrogens (tertiary/aromatic N) is 2. The first-order valence-electron chi connectivity index (χ1n) is 7.77. The summed E-state index contributed by atoms with van der Waals surface area (Å²) in [7, 11) is 0. The number of rotatable bonds is 4. The summed E-state index contributed by atoms with van der Waals surface area (Å²) in [5.74, 6) is 0. The van der Waals surface area contributed by atoms with E-state index in [1.165, 1.54) is 45.4 Å². The Kier molecular flexibility index (Phi) is 4.81. The average molecular weight is 294 g/mol. The molecule has 2 fully saturated rings. The largest absolute Gasteiger partial charge is 0.384 e. The van der Waals surface area contributed by atoms with Crippen molar-refractivity contribution in [2.24, 2.45) is 0 Å². The Morgan fingerprint density at radius 1 is 1.10 bits per heavy atom. The molecular weight excluding hydrogens is 270 g/mol. The second kappa shape index (κ2) is 6.79. The molecule has 1 atom stereocenters. The van der Waals surface area contributed by atoms with E-state index in [-0.39, 0.29) is 0 Å². The van der Waals surface area contributed by atoms with Gasteiger partial charge in [-0.05, 0) is 43.7 Å². The van der Waals surface area contributed by atoms with Crippen LogP contribution in [0.25, 0.3) is 0 Å². The van der Waals surface area contributed by atoms with Crippen molar-refractivity contribution in [2.75, 3.05) is 44.6 Å². The Labute approximate surface area is 126 Å². The Morgan fingerprint density at radius 3 is 2.80 bits per heavy atom. The highest BCUT2D eigenvalue weighted by molar-refractivity contribution is 6.30. The summed E-state index contributed by atoms with van der Waals surface area (Å²) in [4.78, 5) is 5.29. The first kappa shape index (κ1) is 14.2. The lowest BCUT2D eigenvalue weighted by Gasteiger charge is -2.44. The van der Waals surface area contributed by atoms with Gasteiger partial charge in [-0.1, -0.05) is 18.0 Å². The van der Waals surface area contributed by atoms with Crippen LogP contribution in [0.1, 0.15) is 19.3 Å². The van der Waals surface area contributed by atoms with Gasteiger partial charge in [0, 0.05) is 49.5 Å². The molecule has 0 aromatic heterocycles. The van der Waals surface area contributed by atoms with Crippen molar-refractivity contribution in [1.29, 1.82) is 0 Å². The molecule has 0 bridgehead atoms. The lowest BCUT2D eigenvalue weighted by Crippen LogP contribution is -2.55. The molecular formula is C16H24ClN3. The minimum absolute atomic E-state index is 0.795. The fourth-order valence-electron chi connectivity index (χ4n) is 3.35. The minimum atomic E-state index is 0.795. The van der Waals surface area contributed by atoms with E-state index < -0.39 is 0 Å². The van der Waals surface area contributed by atoms with Gasteiger partial charge in [0.2, 0.25) is 0 Å². The van der Waals surface area contributed by atoms with Gasteiger partial charge in [0.25, 0.3) is 0 Å². The van der Waals surface area contributed by atoms with Gasteiger partial charge in [0.15, 0.2) is 0 Å². The van der Waals surface area contributed by atoms with Crippen LogP contribution in [0.2, 0.25) is 5.02 Å². The zero-order valence-corrected chi connectivity index (χ0v) is 12.8. The number of hydrogen-bond donors (Lipinski definition) is 1. The first-order chi connectivity index (χ1) is 9.81. The Hall–Kier alpha value is -0.770. The molecule has 2 heterocycles. The predicted octanol–water partition coefficient (Wildman–Crippen LogP) is 2.92. The maximum atomic E-state index is 5.89. The highest BCUT2D eigenvalue weighted by atomic mass is 35.5. The normalized spacial score (nSPS) is 24.4. The molecule has 2 saturated heterocycles. The molecule has 1 aromatic carbocycles. The molecule has 20 heavy (non-hydrogen) atoms. The van der Waals surface area contributed by atoms with Gasteiger partial charge in [-0.15, -0.1) is 0 Å². The number of piperazine rings is 1. The van der Waals surface area contributed by atoms with Crippen LogP contribution >= 0.6 is 11.6 Å². The first-order valence-corrected chi connectivity index (χ1v) is 8.15. The second-order valence-corrected chi connectivity index (χ2v) is 6.36. The fourth-order valence-corrected chi connectivity index (χ4v) is 3.48. The molecule has 2 aliphatic heterocycles. The smallest absolute Gasteiger partial charge is 0.0407 e. The fraction of sp³-hybridized carbons (Fsp3) is 0.625. The zero-order chi connectivity index (χ0) is 13.8. The third-order valence-corrected chi connectivity index (χ3v) is 4.77. The van der Waals surface area contributed by atoms with Gasteiger partial charge in [-0.2, -0.15) is 0 Å². The van der Waals surface area contributed by atoms with Crippen molar-refractivity contribution >= 4 is 17.3 Å². The maximum Gasteiger partial charge on any atom is 0.0407 e. The van der Waals surface area contributed by atoms with Crippen LogP contribution in [0, 0.1) is 0 Å². The summed E-state index contributed by atoms with van der Waals surface area (Å²) >= 11 is 5.89. The molecule has 2 aliphatic rings. The Bertz CT molecular complexity index is 420. The maximum absolute atomic E-state index is 5.89. The van der Waals surface area contributed by atoms with E-state index >= 15 is 0 Å². The Morgan fingerprint density at radius 2 is 1.95 bits per heavy atom. The number of nitrogens with one attached hydrogen (secondary N) is 1. The van der Waals surface area contributed by atoms with Crippen molar-refractivity contribution in [3.05, 3.63) is 29.3 Å². The molecule has 1 aromatic rings. The number of anilines is 1. The van der Waals surface area contributed by atoms with Crippen LogP contribution < -0.4 is 5.32 Å². The summed E-state index contributed by atoms with van der Waals surface area (Å²) in [5.41, 5.74) is 1.16. The monoisotopic (exact) mass is 293 g/mol. The van der Waals surface area contributed by atoms with Crippen LogP contribution in [0.4, 0.5) is 5.69 Å². The minimum Gasteiger partial charge on any atom is -0.384 e. The van der Waals surface area contributed by atoms with Crippen LogP contribution in [0.3, 0.4) is 0 Å². The molecule has 0 amide bonds. The molecule has 0 aliphatic carbocycles. The zero-order valence-electron chi connectivity index (χ0n) is 12.0. The standard InChI is InChI=1S/C16H24ClN3/c17-14-4-6-15(7-5-14)18-8-10-19-11-12-20-9-2-1-3-16(20)13-19/h4-7,16,18H,1-3,8-13H2. The average Bonchev–Trinajstić information content (AvgIpc) is 2.49. The molecule has 3 nitrogen and oxygen atoms in total. The van der Waals surface area contributed by atoms with Crippen LogP contribution in [-0.2, 0) is 0 Å². The lowest BCUT2D eigenvalue weighted by molar-refractivity contribution is 0.0515. The van der Waals surface area contributed by atoms with Gasteiger partial charge >= 0.3 is 0 Å². The van der Waals surface area contributed by atoms with Crippen molar-refractivity contribution in [3.8, 4) is 0 Å². The quantitative estimate of drug-likeness (QED) is 0.921. The molecule has 110 valence electrons. The summed E-state index contributed by atoms with van der Waals surface area (Å²) in [6.07, 6.45) is 4.20. The predicted molar refractivity (Wildman–Crippen MR) is 85.6 cm³/mol. The number of benzene rings is 1. The second-order valence-electron chi connectivity index (χ2n) is 5.92. The summed E-state index contributed by atoms with van der Waals surface area (Å²) in [6.45, 7) is 7.19. The van der Waals surface area contributed by atoms with E-state index in [0.29, 0.717) is 0 Å². The van der Waals surface area contributed by atoms with E-state index in [2.05, 4.69) is 15.1 Å². The molecule has 0 radical (unpaired) electrons. The van der Waals surface area contributed by atoms with Gasteiger partial charge in [0.05, 0.1) is 0 Å². The van der Waals surface area contributed by atoms with E-state index in [1.807, 2.05) is 24.3 Å². The lowest BCUT2D eigenvalue weighted by atomic mass is 9.99. The van der Waals surface area contributed by atoms with Crippen LogP contribution in [0.15, 0.2) is 24.3 Å². The van der Waals surface area contributed by atoms with Gasteiger partial charge in [-0.3, -0.25) is 9.80 Å².